The van der Waals surface area contributed by atoms with Gasteiger partial charge in [-0.05, 0) is 13.0 Å². The molecule has 1 heterocycles. The lowest BCUT2D eigenvalue weighted by atomic mass is 10.4. The van der Waals surface area contributed by atoms with Gasteiger partial charge in [0.05, 0.1) is 5.75 Å². The van der Waals surface area contributed by atoms with E-state index in [0.29, 0.717) is 25.3 Å². The molecular weight excluding hydrogens is 220 g/mol. The van der Waals surface area contributed by atoms with Crippen LogP contribution in [-0.2, 0) is 16.4 Å². The fourth-order valence-corrected chi connectivity index (χ4v) is 2.07. The second-order valence-electron chi connectivity index (χ2n) is 2.94. The maximum atomic E-state index is 11.3. The van der Waals surface area contributed by atoms with Crippen LogP contribution in [0.3, 0.4) is 0 Å². The number of nitrogens with one attached hydrogen (secondary N) is 1. The van der Waals surface area contributed by atoms with Crippen molar-refractivity contribution in [2.75, 3.05) is 18.8 Å². The highest BCUT2D eigenvalue weighted by Gasteiger charge is 2.09. The normalized spacial score (nSPS) is 11.8. The molecule has 1 aromatic heterocycles. The molecule has 7 nitrogen and oxygen atoms in total. The van der Waals surface area contributed by atoms with Crippen LogP contribution in [0.4, 0.5) is 0 Å². The predicted molar refractivity (Wildman–Crippen MR) is 53.5 cm³/mol. The van der Waals surface area contributed by atoms with Crippen molar-refractivity contribution in [2.24, 2.45) is 5.73 Å². The Hall–Kier alpha value is -0.990. The summed E-state index contributed by atoms with van der Waals surface area (Å²) in [6.45, 7) is 0.625. The first-order chi connectivity index (χ1) is 7.14. The Morgan fingerprint density at radius 1 is 1.53 bits per heavy atom. The minimum absolute atomic E-state index is 0.0489. The van der Waals surface area contributed by atoms with E-state index in [1.54, 1.807) is 0 Å². The Kier molecular flexibility index (Phi) is 4.66. The standard InChI is InChI=1S/C7H14N4O3S/c8-3-1-5-15(12,13)11-4-2-7-9-6-10-14-7/h6,11H,1-5,8H2. The number of sulfonamides is 1. The van der Waals surface area contributed by atoms with Gasteiger partial charge in [-0.25, -0.2) is 13.1 Å². The van der Waals surface area contributed by atoms with E-state index in [9.17, 15) is 8.42 Å². The third kappa shape index (κ3) is 4.86. The van der Waals surface area contributed by atoms with Gasteiger partial charge in [0.2, 0.25) is 15.9 Å². The number of nitrogens with zero attached hydrogens (tertiary/aromatic N) is 2. The largest absolute Gasteiger partial charge is 0.340 e. The maximum Gasteiger partial charge on any atom is 0.227 e. The molecule has 0 aliphatic carbocycles. The van der Waals surface area contributed by atoms with Crippen molar-refractivity contribution < 1.29 is 12.9 Å². The van der Waals surface area contributed by atoms with E-state index >= 15 is 0 Å². The highest BCUT2D eigenvalue weighted by atomic mass is 32.2. The van der Waals surface area contributed by atoms with Gasteiger partial charge in [-0.3, -0.25) is 0 Å². The molecule has 86 valence electrons. The molecule has 0 unspecified atom stereocenters. The molecular formula is C7H14N4O3S. The van der Waals surface area contributed by atoms with Crippen LogP contribution in [-0.4, -0.2) is 37.4 Å². The molecule has 3 N–H and O–H groups in total. The molecule has 0 bridgehead atoms. The molecule has 0 saturated carbocycles. The molecule has 0 fully saturated rings. The van der Waals surface area contributed by atoms with Crippen LogP contribution in [0.2, 0.25) is 0 Å². The molecule has 0 atom stereocenters. The predicted octanol–water partition coefficient (Wildman–Crippen LogP) is -1.12. The third-order valence-corrected chi connectivity index (χ3v) is 3.16. The van der Waals surface area contributed by atoms with Gasteiger partial charge in [0, 0.05) is 13.0 Å². The molecule has 0 aliphatic heterocycles. The molecule has 15 heavy (non-hydrogen) atoms. The van der Waals surface area contributed by atoms with Crippen molar-refractivity contribution in [2.45, 2.75) is 12.8 Å². The summed E-state index contributed by atoms with van der Waals surface area (Å²) in [6.07, 6.45) is 2.12. The van der Waals surface area contributed by atoms with E-state index in [1.807, 2.05) is 0 Å². The van der Waals surface area contributed by atoms with Gasteiger partial charge < -0.3 is 10.3 Å². The van der Waals surface area contributed by atoms with E-state index in [2.05, 4.69) is 14.9 Å². The summed E-state index contributed by atoms with van der Waals surface area (Å²) < 4.78 is 29.7. The Morgan fingerprint density at radius 2 is 2.33 bits per heavy atom. The smallest absolute Gasteiger partial charge is 0.227 e. The zero-order chi connectivity index (χ0) is 11.1. The second-order valence-corrected chi connectivity index (χ2v) is 4.87. The van der Waals surface area contributed by atoms with Gasteiger partial charge in [-0.1, -0.05) is 5.16 Å². The fraction of sp³-hybridized carbons (Fsp3) is 0.714. The van der Waals surface area contributed by atoms with Gasteiger partial charge in [0.25, 0.3) is 0 Å². The lowest BCUT2D eigenvalue weighted by molar-refractivity contribution is 0.377. The molecule has 0 radical (unpaired) electrons. The van der Waals surface area contributed by atoms with Crippen LogP contribution in [0.25, 0.3) is 0 Å². The summed E-state index contributed by atoms with van der Waals surface area (Å²) >= 11 is 0. The van der Waals surface area contributed by atoms with Crippen molar-refractivity contribution in [3.05, 3.63) is 12.2 Å². The van der Waals surface area contributed by atoms with Crippen LogP contribution in [0, 0.1) is 0 Å². The SMILES string of the molecule is NCCCS(=O)(=O)NCCc1ncno1. The van der Waals surface area contributed by atoms with E-state index in [-0.39, 0.29) is 12.3 Å². The molecule has 1 rings (SSSR count). The van der Waals surface area contributed by atoms with Gasteiger partial charge >= 0.3 is 0 Å². The first-order valence-electron chi connectivity index (χ1n) is 4.57. The average molecular weight is 234 g/mol. The highest BCUT2D eigenvalue weighted by Crippen LogP contribution is 1.93. The van der Waals surface area contributed by atoms with Crippen molar-refractivity contribution in [3.63, 3.8) is 0 Å². The summed E-state index contributed by atoms with van der Waals surface area (Å²) in [5, 5.41) is 3.41. The Labute approximate surface area is 88.1 Å². The minimum atomic E-state index is -3.22. The van der Waals surface area contributed by atoms with E-state index in [1.165, 1.54) is 6.33 Å². The average Bonchev–Trinajstić information content (AvgIpc) is 2.67. The Bertz CT molecular complexity index is 362. The first kappa shape index (κ1) is 12.1. The molecule has 8 heteroatoms. The quantitative estimate of drug-likeness (QED) is 0.618. The van der Waals surface area contributed by atoms with Crippen LogP contribution in [0.1, 0.15) is 12.3 Å². The van der Waals surface area contributed by atoms with Gasteiger partial charge in [0.15, 0.2) is 6.33 Å². The van der Waals surface area contributed by atoms with Gasteiger partial charge in [-0.2, -0.15) is 4.98 Å². The lowest BCUT2D eigenvalue weighted by Gasteiger charge is -2.03. The number of hydrogen-bond acceptors (Lipinski definition) is 6. The molecule has 0 saturated heterocycles. The zero-order valence-corrected chi connectivity index (χ0v) is 9.03. The number of hydrogen-bond donors (Lipinski definition) is 2. The molecule has 0 aliphatic rings. The third-order valence-electron chi connectivity index (χ3n) is 1.68. The Morgan fingerprint density at radius 3 is 2.93 bits per heavy atom. The summed E-state index contributed by atoms with van der Waals surface area (Å²) in [5.74, 6) is 0.462. The van der Waals surface area contributed by atoms with Crippen molar-refractivity contribution >= 4 is 10.0 Å². The van der Waals surface area contributed by atoms with Crippen LogP contribution >= 0.6 is 0 Å². The first-order valence-corrected chi connectivity index (χ1v) is 6.22. The van der Waals surface area contributed by atoms with Crippen LogP contribution in [0.5, 0.6) is 0 Å². The second kappa shape index (κ2) is 5.79. The highest BCUT2D eigenvalue weighted by molar-refractivity contribution is 7.89. The summed E-state index contributed by atoms with van der Waals surface area (Å²) in [5.41, 5.74) is 5.22. The van der Waals surface area contributed by atoms with Crippen molar-refractivity contribution in [3.8, 4) is 0 Å². The zero-order valence-electron chi connectivity index (χ0n) is 8.22. The summed E-state index contributed by atoms with van der Waals surface area (Å²) in [7, 11) is -3.22. The van der Waals surface area contributed by atoms with Gasteiger partial charge in [0.1, 0.15) is 0 Å². The van der Waals surface area contributed by atoms with Crippen molar-refractivity contribution in [1.82, 2.24) is 14.9 Å². The monoisotopic (exact) mass is 234 g/mol. The van der Waals surface area contributed by atoms with Crippen molar-refractivity contribution in [1.29, 1.82) is 0 Å². The Balaban J connectivity index is 2.24. The summed E-state index contributed by atoms with van der Waals surface area (Å²) in [4.78, 5) is 3.77. The molecule has 1 aromatic rings. The molecule has 0 spiro atoms. The van der Waals surface area contributed by atoms with Crippen LogP contribution < -0.4 is 10.5 Å². The number of rotatable bonds is 7. The van der Waals surface area contributed by atoms with E-state index in [0.717, 1.165) is 0 Å². The lowest BCUT2D eigenvalue weighted by Crippen LogP contribution is -2.29. The van der Waals surface area contributed by atoms with E-state index < -0.39 is 10.0 Å². The maximum absolute atomic E-state index is 11.3. The number of aromatic nitrogens is 2. The van der Waals surface area contributed by atoms with Crippen LogP contribution in [0.15, 0.2) is 10.9 Å². The fourth-order valence-electron chi connectivity index (χ4n) is 0.965. The summed E-state index contributed by atoms with van der Waals surface area (Å²) in [6, 6.07) is 0. The number of nitrogens with two attached hydrogens (primary N) is 1. The van der Waals surface area contributed by atoms with Gasteiger partial charge in [-0.15, -0.1) is 0 Å². The minimum Gasteiger partial charge on any atom is -0.340 e. The molecule has 0 amide bonds. The molecule has 0 aromatic carbocycles. The topological polar surface area (TPSA) is 111 Å². The van der Waals surface area contributed by atoms with E-state index in [4.69, 9.17) is 10.3 Å².